The molecule has 3 aromatic rings. The van der Waals surface area contributed by atoms with Crippen molar-refractivity contribution >= 4 is 24.0 Å². The minimum absolute atomic E-state index is 0.164. The largest absolute Gasteiger partial charge is 0.447 e. The third-order valence-electron chi connectivity index (χ3n) is 6.37. The number of ether oxygens (including phenoxy) is 1. The first-order valence-corrected chi connectivity index (χ1v) is 11.3. The number of carbonyl (C=O) groups excluding carboxylic acids is 1. The standard InChI is InChI=1S/C22H23N9O3/c32-21(19-13-34-22(28-19)14-9-25-26-10-14)27-18-12-31(29-20(18)17-11-23-1-2-24-17)16-7-15(8-16)30-3-5-33-6-4-30/h1-2,9-16H,3-8H2,(H,27,32). The Kier molecular flexibility index (Phi) is 5.43. The Morgan fingerprint density at radius 1 is 1.09 bits per heavy atom. The van der Waals surface area contributed by atoms with Crippen LogP contribution >= 0.6 is 0 Å². The number of hydrogen-bond acceptors (Lipinski definition) is 10. The van der Waals surface area contributed by atoms with E-state index in [4.69, 9.17) is 14.3 Å². The van der Waals surface area contributed by atoms with Crippen molar-refractivity contribution in [3.63, 3.8) is 0 Å². The molecule has 12 nitrogen and oxygen atoms in total. The van der Waals surface area contributed by atoms with Crippen LogP contribution in [0.4, 0.5) is 5.69 Å². The van der Waals surface area contributed by atoms with E-state index in [-0.39, 0.29) is 17.7 Å². The fourth-order valence-corrected chi connectivity index (χ4v) is 4.41. The molecule has 12 heteroatoms. The van der Waals surface area contributed by atoms with Gasteiger partial charge in [0.1, 0.15) is 23.6 Å². The zero-order chi connectivity index (χ0) is 22.9. The second kappa shape index (κ2) is 8.88. The van der Waals surface area contributed by atoms with E-state index in [1.807, 2.05) is 10.9 Å². The van der Waals surface area contributed by atoms with Crippen LogP contribution < -0.4 is 5.32 Å². The summed E-state index contributed by atoms with van der Waals surface area (Å²) in [5.74, 6) is -0.299. The lowest BCUT2D eigenvalue weighted by Crippen LogP contribution is -2.50. The van der Waals surface area contributed by atoms with Gasteiger partial charge in [-0.15, -0.1) is 0 Å². The molecular formula is C22H23N9O3. The third kappa shape index (κ3) is 4.01. The Bertz CT molecular complexity index is 1210. The fraction of sp³-hybridized carbons (Fsp3) is 0.409. The molecule has 1 amide bonds. The van der Waals surface area contributed by atoms with Crippen molar-refractivity contribution in [1.82, 2.24) is 29.6 Å². The molecule has 3 aliphatic rings. The summed E-state index contributed by atoms with van der Waals surface area (Å²) in [6.07, 6.45) is 13.2. The van der Waals surface area contributed by atoms with Gasteiger partial charge in [0, 0.05) is 50.2 Å². The van der Waals surface area contributed by atoms with Crippen LogP contribution in [0, 0.1) is 0 Å². The van der Waals surface area contributed by atoms with E-state index in [2.05, 4.69) is 35.4 Å². The number of oxazole rings is 1. The molecule has 174 valence electrons. The van der Waals surface area contributed by atoms with Crippen LogP contribution in [-0.4, -0.2) is 80.3 Å². The van der Waals surface area contributed by atoms with Crippen LogP contribution in [0.2, 0.25) is 0 Å². The van der Waals surface area contributed by atoms with Gasteiger partial charge in [-0.3, -0.25) is 24.3 Å². The first-order chi connectivity index (χ1) is 16.7. The molecule has 0 radical (unpaired) electrons. The molecule has 6 rings (SSSR count). The highest BCUT2D eigenvalue weighted by molar-refractivity contribution is 6.04. The molecule has 2 fully saturated rings. The van der Waals surface area contributed by atoms with Crippen molar-refractivity contribution < 1.29 is 13.9 Å². The first kappa shape index (κ1) is 20.8. The van der Waals surface area contributed by atoms with Gasteiger partial charge in [0.25, 0.3) is 5.91 Å². The summed E-state index contributed by atoms with van der Waals surface area (Å²) in [5.41, 5.74) is 1.86. The highest BCUT2D eigenvalue weighted by Gasteiger charge is 2.36. The minimum Gasteiger partial charge on any atom is -0.447 e. The zero-order valence-electron chi connectivity index (χ0n) is 18.3. The Labute approximate surface area is 194 Å². The van der Waals surface area contributed by atoms with Gasteiger partial charge in [-0.1, -0.05) is 0 Å². The van der Waals surface area contributed by atoms with E-state index in [1.165, 1.54) is 6.26 Å². The quantitative estimate of drug-likeness (QED) is 0.587. The maximum absolute atomic E-state index is 13.0. The molecule has 1 aliphatic carbocycles. The number of amides is 1. The Morgan fingerprint density at radius 3 is 2.68 bits per heavy atom. The monoisotopic (exact) mass is 461 g/mol. The molecule has 3 aromatic heterocycles. The van der Waals surface area contributed by atoms with E-state index in [9.17, 15) is 4.79 Å². The Morgan fingerprint density at radius 2 is 1.91 bits per heavy atom. The van der Waals surface area contributed by atoms with E-state index in [0.717, 1.165) is 39.1 Å². The average Bonchev–Trinajstić information content (AvgIpc) is 3.60. The van der Waals surface area contributed by atoms with Gasteiger partial charge in [0.05, 0.1) is 31.1 Å². The van der Waals surface area contributed by atoms with Gasteiger partial charge in [0.15, 0.2) is 5.69 Å². The fourth-order valence-electron chi connectivity index (χ4n) is 4.41. The second-order valence-corrected chi connectivity index (χ2v) is 8.47. The number of hydrogen-bond donors (Lipinski definition) is 1. The topological polar surface area (TPSA) is 136 Å². The van der Waals surface area contributed by atoms with E-state index >= 15 is 0 Å². The van der Waals surface area contributed by atoms with E-state index < -0.39 is 5.91 Å². The SMILES string of the molecule is O=C(Nc1cn(C2CC(N3CCOCC3)C2)nc1-c1cnccn1)c1coc(C2C=NN=C2)n1. The lowest BCUT2D eigenvalue weighted by atomic mass is 9.85. The predicted octanol–water partition coefficient (Wildman–Crippen LogP) is 1.77. The molecule has 0 aromatic carbocycles. The lowest BCUT2D eigenvalue weighted by Gasteiger charge is -2.44. The Balaban J connectivity index is 1.21. The van der Waals surface area contributed by atoms with Gasteiger partial charge in [-0.25, -0.2) is 4.98 Å². The summed E-state index contributed by atoms with van der Waals surface area (Å²) < 4.78 is 12.8. The van der Waals surface area contributed by atoms with Crippen LogP contribution in [-0.2, 0) is 4.74 Å². The van der Waals surface area contributed by atoms with E-state index in [1.54, 1.807) is 31.0 Å². The summed E-state index contributed by atoms with van der Waals surface area (Å²) >= 11 is 0. The number of nitrogens with one attached hydrogen (secondary N) is 1. The smallest absolute Gasteiger partial charge is 0.277 e. The Hall–Kier alpha value is -3.77. The number of rotatable bonds is 6. The molecular weight excluding hydrogens is 438 g/mol. The summed E-state index contributed by atoms with van der Waals surface area (Å²) in [6, 6.07) is 0.792. The molecule has 0 atom stereocenters. The normalized spacial score (nSPS) is 22.7. The number of aromatic nitrogens is 5. The molecule has 1 saturated carbocycles. The summed E-state index contributed by atoms with van der Waals surface area (Å²) in [4.78, 5) is 28.3. The summed E-state index contributed by atoms with van der Waals surface area (Å²) in [5, 5.41) is 15.3. The van der Waals surface area contributed by atoms with Crippen LogP contribution in [0.25, 0.3) is 11.4 Å². The van der Waals surface area contributed by atoms with Crippen molar-refractivity contribution in [1.29, 1.82) is 0 Å². The predicted molar refractivity (Wildman–Crippen MR) is 122 cm³/mol. The van der Waals surface area contributed by atoms with Crippen molar-refractivity contribution in [3.8, 4) is 11.4 Å². The number of nitrogens with zero attached hydrogens (tertiary/aromatic N) is 8. The van der Waals surface area contributed by atoms with Gasteiger partial charge in [-0.05, 0) is 12.8 Å². The van der Waals surface area contributed by atoms with Crippen LogP contribution in [0.5, 0.6) is 0 Å². The lowest BCUT2D eigenvalue weighted by molar-refractivity contribution is -0.0162. The number of morpholine rings is 1. The van der Waals surface area contributed by atoms with Crippen molar-refractivity contribution in [2.75, 3.05) is 31.6 Å². The van der Waals surface area contributed by atoms with Crippen molar-refractivity contribution in [2.24, 2.45) is 10.2 Å². The van der Waals surface area contributed by atoms with Gasteiger partial charge in [0.2, 0.25) is 5.89 Å². The molecule has 5 heterocycles. The van der Waals surface area contributed by atoms with Crippen molar-refractivity contribution in [2.45, 2.75) is 30.8 Å². The number of carbonyl (C=O) groups is 1. The highest BCUT2D eigenvalue weighted by atomic mass is 16.5. The van der Waals surface area contributed by atoms with Gasteiger partial charge in [-0.2, -0.15) is 15.3 Å². The van der Waals surface area contributed by atoms with E-state index in [0.29, 0.717) is 29.0 Å². The molecule has 34 heavy (non-hydrogen) atoms. The second-order valence-electron chi connectivity index (χ2n) is 8.47. The van der Waals surface area contributed by atoms with Gasteiger partial charge < -0.3 is 14.5 Å². The highest BCUT2D eigenvalue weighted by Crippen LogP contribution is 2.38. The molecule has 0 bridgehead atoms. The van der Waals surface area contributed by atoms with Gasteiger partial charge >= 0.3 is 0 Å². The molecule has 2 aliphatic heterocycles. The molecule has 1 saturated heterocycles. The van der Waals surface area contributed by atoms with Crippen LogP contribution in [0.1, 0.15) is 41.2 Å². The average molecular weight is 461 g/mol. The van der Waals surface area contributed by atoms with Crippen LogP contribution in [0.3, 0.4) is 0 Å². The summed E-state index contributed by atoms with van der Waals surface area (Å²) in [6.45, 7) is 3.53. The van der Waals surface area contributed by atoms with Crippen molar-refractivity contribution in [3.05, 3.63) is 42.6 Å². The number of anilines is 1. The first-order valence-electron chi connectivity index (χ1n) is 11.3. The maximum atomic E-state index is 13.0. The maximum Gasteiger partial charge on any atom is 0.277 e. The minimum atomic E-state index is -0.397. The molecule has 0 spiro atoms. The summed E-state index contributed by atoms with van der Waals surface area (Å²) in [7, 11) is 0. The third-order valence-corrected chi connectivity index (χ3v) is 6.37. The molecule has 1 N–H and O–H groups in total. The zero-order valence-corrected chi connectivity index (χ0v) is 18.3. The molecule has 0 unspecified atom stereocenters. The van der Waals surface area contributed by atoms with Crippen LogP contribution in [0.15, 0.2) is 45.7 Å².